The Morgan fingerprint density at radius 1 is 1.33 bits per heavy atom. The summed E-state index contributed by atoms with van der Waals surface area (Å²) >= 11 is 0. The number of nitrogens with zero attached hydrogens (tertiary/aromatic N) is 2. The highest BCUT2D eigenvalue weighted by molar-refractivity contribution is 5.37. The van der Waals surface area contributed by atoms with Crippen LogP contribution in [-0.4, -0.2) is 21.6 Å². The van der Waals surface area contributed by atoms with Gasteiger partial charge in [-0.25, -0.2) is 4.68 Å². The largest absolute Gasteiger partial charge is 0.508 e. The van der Waals surface area contributed by atoms with Gasteiger partial charge in [-0.1, -0.05) is 0 Å². The molecular weight excluding hydrogens is 194 g/mol. The van der Waals surface area contributed by atoms with E-state index in [1.54, 1.807) is 41.3 Å². The van der Waals surface area contributed by atoms with E-state index in [2.05, 4.69) is 5.10 Å². The number of hydrogen-bond donors (Lipinski definition) is 2. The first-order valence-corrected chi connectivity index (χ1v) is 4.46. The highest BCUT2D eigenvalue weighted by Gasteiger charge is 2.00. The molecule has 0 saturated carbocycles. The smallest absolute Gasteiger partial charge is 0.159 e. The van der Waals surface area contributed by atoms with Gasteiger partial charge in [0.25, 0.3) is 0 Å². The lowest BCUT2D eigenvalue weighted by atomic mass is 10.3. The summed E-state index contributed by atoms with van der Waals surface area (Å²) in [7, 11) is 0. The topological polar surface area (TPSA) is 73.3 Å². The second-order valence-corrected chi connectivity index (χ2v) is 2.95. The molecule has 0 saturated heterocycles. The summed E-state index contributed by atoms with van der Waals surface area (Å²) in [6, 6.07) is 6.71. The van der Waals surface area contributed by atoms with E-state index >= 15 is 0 Å². The molecular formula is C10H11N3O2. The van der Waals surface area contributed by atoms with Crippen LogP contribution in [0.5, 0.6) is 11.5 Å². The lowest BCUT2D eigenvalue weighted by Crippen LogP contribution is -2.06. The van der Waals surface area contributed by atoms with Gasteiger partial charge in [0.1, 0.15) is 12.5 Å². The van der Waals surface area contributed by atoms with Gasteiger partial charge >= 0.3 is 0 Å². The van der Waals surface area contributed by atoms with Crippen LogP contribution in [0.1, 0.15) is 0 Å². The van der Waals surface area contributed by atoms with Gasteiger partial charge in [0, 0.05) is 0 Å². The third-order valence-electron chi connectivity index (χ3n) is 1.92. The summed E-state index contributed by atoms with van der Waals surface area (Å²) in [5.74, 6) is 0.843. The molecule has 0 fully saturated rings. The fourth-order valence-corrected chi connectivity index (χ4v) is 1.22. The molecule has 5 nitrogen and oxygen atoms in total. The lowest BCUT2D eigenvalue weighted by molar-refractivity contribution is 0.329. The second kappa shape index (κ2) is 4.02. The van der Waals surface area contributed by atoms with Crippen molar-refractivity contribution in [1.82, 2.24) is 9.78 Å². The van der Waals surface area contributed by atoms with Crippen molar-refractivity contribution in [2.45, 2.75) is 0 Å². The van der Waals surface area contributed by atoms with Crippen LogP contribution in [0.15, 0.2) is 36.7 Å². The predicted octanol–water partition coefficient (Wildman–Crippen LogP) is 0.873. The van der Waals surface area contributed by atoms with E-state index in [1.807, 2.05) is 0 Å². The number of ether oxygens (including phenoxy) is 1. The monoisotopic (exact) mass is 205 g/mol. The molecule has 3 N–H and O–H groups in total. The van der Waals surface area contributed by atoms with Gasteiger partial charge in [-0.05, 0) is 24.3 Å². The van der Waals surface area contributed by atoms with E-state index in [-0.39, 0.29) is 12.5 Å². The van der Waals surface area contributed by atoms with E-state index in [4.69, 9.17) is 15.6 Å². The third-order valence-corrected chi connectivity index (χ3v) is 1.92. The summed E-state index contributed by atoms with van der Waals surface area (Å²) in [5, 5.41) is 13.2. The van der Waals surface area contributed by atoms with Crippen molar-refractivity contribution in [3.63, 3.8) is 0 Å². The maximum atomic E-state index is 9.12. The highest BCUT2D eigenvalue weighted by atomic mass is 16.5. The Balaban J connectivity index is 2.25. The molecule has 0 spiro atoms. The van der Waals surface area contributed by atoms with Gasteiger partial charge in [0.2, 0.25) is 0 Å². The van der Waals surface area contributed by atoms with E-state index in [9.17, 15) is 0 Å². The number of hydrogen-bond acceptors (Lipinski definition) is 4. The van der Waals surface area contributed by atoms with Crippen molar-refractivity contribution in [2.24, 2.45) is 5.73 Å². The number of benzene rings is 1. The van der Waals surface area contributed by atoms with Crippen LogP contribution < -0.4 is 10.5 Å². The SMILES string of the molecule is NCOc1cnn(-c2ccc(O)cc2)c1. The molecule has 0 aliphatic carbocycles. The first-order valence-electron chi connectivity index (χ1n) is 4.46. The van der Waals surface area contributed by atoms with E-state index in [1.165, 1.54) is 0 Å². The van der Waals surface area contributed by atoms with Crippen molar-refractivity contribution in [2.75, 3.05) is 6.73 Å². The predicted molar refractivity (Wildman–Crippen MR) is 54.9 cm³/mol. The van der Waals surface area contributed by atoms with Gasteiger partial charge in [-0.3, -0.25) is 5.73 Å². The molecule has 0 aliphatic heterocycles. The molecule has 78 valence electrons. The first kappa shape index (κ1) is 9.54. The number of nitrogens with two attached hydrogens (primary N) is 1. The summed E-state index contributed by atoms with van der Waals surface area (Å²) in [6.07, 6.45) is 3.30. The third kappa shape index (κ3) is 2.08. The van der Waals surface area contributed by atoms with Gasteiger partial charge in [-0.2, -0.15) is 5.10 Å². The standard InChI is InChI=1S/C10H11N3O2/c11-7-15-10-5-12-13(6-10)8-1-3-9(14)4-2-8/h1-6,14H,7,11H2. The molecule has 2 rings (SSSR count). The minimum atomic E-state index is 0.126. The van der Waals surface area contributed by atoms with Crippen LogP contribution in [0.4, 0.5) is 0 Å². The zero-order valence-corrected chi connectivity index (χ0v) is 8.00. The van der Waals surface area contributed by atoms with E-state index in [0.717, 1.165) is 5.69 Å². The fraction of sp³-hybridized carbons (Fsp3) is 0.100. The van der Waals surface area contributed by atoms with E-state index in [0.29, 0.717) is 5.75 Å². The molecule has 0 bridgehead atoms. The molecule has 0 atom stereocenters. The van der Waals surface area contributed by atoms with Crippen LogP contribution in [0.3, 0.4) is 0 Å². The Hall–Kier alpha value is -2.01. The fourth-order valence-electron chi connectivity index (χ4n) is 1.22. The summed E-state index contributed by atoms with van der Waals surface area (Å²) in [6.45, 7) is 0.126. The minimum Gasteiger partial charge on any atom is -0.508 e. The van der Waals surface area contributed by atoms with E-state index < -0.39 is 0 Å². The van der Waals surface area contributed by atoms with Gasteiger partial charge in [0.05, 0.1) is 18.1 Å². The zero-order valence-electron chi connectivity index (χ0n) is 8.00. The average molecular weight is 205 g/mol. The van der Waals surface area contributed by atoms with Crippen LogP contribution in [0.2, 0.25) is 0 Å². The van der Waals surface area contributed by atoms with Gasteiger partial charge < -0.3 is 9.84 Å². The summed E-state index contributed by atoms with van der Waals surface area (Å²) in [4.78, 5) is 0. The van der Waals surface area contributed by atoms with Gasteiger partial charge in [-0.15, -0.1) is 0 Å². The lowest BCUT2D eigenvalue weighted by Gasteiger charge is -2.00. The molecule has 0 unspecified atom stereocenters. The zero-order chi connectivity index (χ0) is 10.7. The molecule has 0 aliphatic rings. The molecule has 0 amide bonds. The average Bonchev–Trinajstić information content (AvgIpc) is 2.68. The highest BCUT2D eigenvalue weighted by Crippen LogP contribution is 2.16. The second-order valence-electron chi connectivity index (χ2n) is 2.95. The summed E-state index contributed by atoms with van der Waals surface area (Å²) < 4.78 is 6.72. The van der Waals surface area contributed by atoms with Crippen molar-refractivity contribution in [1.29, 1.82) is 0 Å². The molecule has 15 heavy (non-hydrogen) atoms. The molecule has 2 aromatic rings. The Bertz CT molecular complexity index is 436. The van der Waals surface area contributed by atoms with Crippen LogP contribution in [0, 0.1) is 0 Å². The van der Waals surface area contributed by atoms with Gasteiger partial charge in [0.15, 0.2) is 5.75 Å². The van der Waals surface area contributed by atoms with Crippen molar-refractivity contribution < 1.29 is 9.84 Å². The number of phenolic OH excluding ortho intramolecular Hbond substituents is 1. The molecule has 0 radical (unpaired) electrons. The molecule has 5 heteroatoms. The molecule has 1 aromatic heterocycles. The number of phenols is 1. The Morgan fingerprint density at radius 3 is 2.73 bits per heavy atom. The van der Waals surface area contributed by atoms with Crippen LogP contribution in [0.25, 0.3) is 5.69 Å². The Kier molecular flexibility index (Phi) is 2.55. The first-order chi connectivity index (χ1) is 7.29. The minimum absolute atomic E-state index is 0.126. The quantitative estimate of drug-likeness (QED) is 0.729. The van der Waals surface area contributed by atoms with Crippen molar-refractivity contribution >= 4 is 0 Å². The van der Waals surface area contributed by atoms with Crippen LogP contribution >= 0.6 is 0 Å². The number of aromatic nitrogens is 2. The van der Waals surface area contributed by atoms with Crippen molar-refractivity contribution in [3.8, 4) is 17.2 Å². The number of aromatic hydroxyl groups is 1. The van der Waals surface area contributed by atoms with Crippen LogP contribution in [-0.2, 0) is 0 Å². The maximum Gasteiger partial charge on any atom is 0.159 e. The molecule has 1 aromatic carbocycles. The Labute approximate surface area is 86.7 Å². The number of rotatable bonds is 3. The maximum absolute atomic E-state index is 9.12. The summed E-state index contributed by atoms with van der Waals surface area (Å²) in [5.41, 5.74) is 6.08. The normalized spacial score (nSPS) is 10.2. The molecule has 1 heterocycles. The van der Waals surface area contributed by atoms with Crippen molar-refractivity contribution in [3.05, 3.63) is 36.7 Å². The Morgan fingerprint density at radius 2 is 2.07 bits per heavy atom.